The highest BCUT2D eigenvalue weighted by Gasteiger charge is 2.50. The molecule has 0 aromatic carbocycles. The van der Waals surface area contributed by atoms with Crippen molar-refractivity contribution < 1.29 is 4.74 Å². The number of hydrogen-bond acceptors (Lipinski definition) is 1. The summed E-state index contributed by atoms with van der Waals surface area (Å²) in [6.07, 6.45) is 6.46. The van der Waals surface area contributed by atoms with Crippen LogP contribution in [0.3, 0.4) is 0 Å². The van der Waals surface area contributed by atoms with Gasteiger partial charge in [0.2, 0.25) is 0 Å². The molecule has 2 heteroatoms. The van der Waals surface area contributed by atoms with Crippen LogP contribution in [0.1, 0.15) is 52.9 Å². The third kappa shape index (κ3) is 2.12. The summed E-state index contributed by atoms with van der Waals surface area (Å²) in [7, 11) is 0. The number of ether oxygens (including phenoxy) is 1. The Balaban J connectivity index is 2.09. The number of rotatable bonds is 1. The summed E-state index contributed by atoms with van der Waals surface area (Å²) in [5, 5.41) is 0.976. The van der Waals surface area contributed by atoms with E-state index >= 15 is 0 Å². The van der Waals surface area contributed by atoms with Gasteiger partial charge in [0.25, 0.3) is 0 Å². The van der Waals surface area contributed by atoms with Crippen LogP contribution < -0.4 is 0 Å². The van der Waals surface area contributed by atoms with Crippen molar-refractivity contribution >= 4 is 15.9 Å². The highest BCUT2D eigenvalue weighted by atomic mass is 79.9. The summed E-state index contributed by atoms with van der Waals surface area (Å²) in [4.78, 5) is 0. The SMILES string of the molecule is CC1CCC2(CCC(C)(CBr)O2)C(C)C1. The zero-order chi connectivity index (χ0) is 11.1. The molecule has 0 amide bonds. The molecule has 1 nitrogen and oxygen atoms in total. The predicted octanol–water partition coefficient (Wildman–Crippen LogP) is 4.15. The molecule has 2 fully saturated rings. The second-order valence-corrected chi connectivity index (χ2v) is 6.59. The maximum Gasteiger partial charge on any atom is 0.0759 e. The first-order valence-corrected chi connectivity index (χ1v) is 7.38. The van der Waals surface area contributed by atoms with Gasteiger partial charge < -0.3 is 4.74 Å². The molecule has 2 aliphatic rings. The van der Waals surface area contributed by atoms with Crippen LogP contribution >= 0.6 is 15.9 Å². The van der Waals surface area contributed by atoms with E-state index in [4.69, 9.17) is 4.74 Å². The van der Waals surface area contributed by atoms with Crippen molar-refractivity contribution in [1.29, 1.82) is 0 Å². The maximum atomic E-state index is 6.44. The molecule has 1 saturated heterocycles. The zero-order valence-electron chi connectivity index (χ0n) is 10.2. The van der Waals surface area contributed by atoms with Gasteiger partial charge in [0.1, 0.15) is 0 Å². The van der Waals surface area contributed by atoms with E-state index in [0.717, 1.165) is 17.2 Å². The minimum atomic E-state index is 0.0921. The Kier molecular flexibility index (Phi) is 3.20. The van der Waals surface area contributed by atoms with E-state index in [0.29, 0.717) is 0 Å². The van der Waals surface area contributed by atoms with Crippen molar-refractivity contribution in [3.63, 3.8) is 0 Å². The number of hydrogen-bond donors (Lipinski definition) is 0. The van der Waals surface area contributed by atoms with Crippen molar-refractivity contribution in [2.75, 3.05) is 5.33 Å². The quantitative estimate of drug-likeness (QED) is 0.653. The summed E-state index contributed by atoms with van der Waals surface area (Å²) < 4.78 is 6.44. The largest absolute Gasteiger partial charge is 0.368 e. The van der Waals surface area contributed by atoms with Crippen LogP contribution in [0.25, 0.3) is 0 Å². The first kappa shape index (κ1) is 11.9. The van der Waals surface area contributed by atoms with E-state index in [9.17, 15) is 0 Å². The van der Waals surface area contributed by atoms with Gasteiger partial charge in [-0.25, -0.2) is 0 Å². The number of halogens is 1. The average molecular weight is 275 g/mol. The molecule has 4 unspecified atom stereocenters. The third-order valence-electron chi connectivity index (χ3n) is 4.52. The van der Waals surface area contributed by atoms with Gasteiger partial charge in [-0.1, -0.05) is 29.8 Å². The van der Waals surface area contributed by atoms with Gasteiger partial charge in [0.05, 0.1) is 11.2 Å². The summed E-state index contributed by atoms with van der Waals surface area (Å²) in [5.74, 6) is 1.63. The summed E-state index contributed by atoms with van der Waals surface area (Å²) in [6, 6.07) is 0. The molecular formula is C13H23BrO. The molecule has 0 N–H and O–H groups in total. The van der Waals surface area contributed by atoms with Gasteiger partial charge in [-0.3, -0.25) is 0 Å². The normalized spacial score (nSPS) is 51.2. The predicted molar refractivity (Wildman–Crippen MR) is 67.4 cm³/mol. The highest BCUT2D eigenvalue weighted by Crippen LogP contribution is 2.50. The average Bonchev–Trinajstić information content (AvgIpc) is 2.54. The number of alkyl halides is 1. The Morgan fingerprint density at radius 1 is 1.27 bits per heavy atom. The van der Waals surface area contributed by atoms with E-state index in [1.54, 1.807) is 0 Å². The van der Waals surface area contributed by atoms with Crippen LogP contribution in [0, 0.1) is 11.8 Å². The van der Waals surface area contributed by atoms with Crippen LogP contribution in [0.2, 0.25) is 0 Å². The van der Waals surface area contributed by atoms with E-state index in [1.165, 1.54) is 32.1 Å². The maximum absolute atomic E-state index is 6.44. The van der Waals surface area contributed by atoms with E-state index in [2.05, 4.69) is 36.7 Å². The first-order valence-electron chi connectivity index (χ1n) is 6.26. The highest BCUT2D eigenvalue weighted by molar-refractivity contribution is 9.09. The standard InChI is InChI=1S/C13H23BrO/c1-10-4-5-13(11(2)8-10)7-6-12(3,9-14)15-13/h10-11H,4-9H2,1-3H3. The smallest absolute Gasteiger partial charge is 0.0759 e. The Morgan fingerprint density at radius 3 is 2.53 bits per heavy atom. The third-order valence-corrected chi connectivity index (χ3v) is 5.71. The molecule has 0 bridgehead atoms. The Morgan fingerprint density at radius 2 is 2.00 bits per heavy atom. The lowest BCUT2D eigenvalue weighted by atomic mass is 9.71. The molecule has 1 spiro atoms. The minimum Gasteiger partial charge on any atom is -0.368 e. The fourth-order valence-corrected chi connectivity index (χ4v) is 3.75. The molecule has 15 heavy (non-hydrogen) atoms. The lowest BCUT2D eigenvalue weighted by Gasteiger charge is -2.43. The minimum absolute atomic E-state index is 0.0921. The van der Waals surface area contributed by atoms with Crippen molar-refractivity contribution in [2.45, 2.75) is 64.1 Å². The lowest BCUT2D eigenvalue weighted by Crippen LogP contribution is -2.43. The molecule has 0 radical (unpaired) electrons. The molecule has 0 aromatic heterocycles. The molecule has 1 aliphatic carbocycles. The molecule has 1 aliphatic heterocycles. The monoisotopic (exact) mass is 274 g/mol. The Hall–Kier alpha value is 0.440. The molecule has 4 atom stereocenters. The van der Waals surface area contributed by atoms with Gasteiger partial charge in [-0.15, -0.1) is 0 Å². The van der Waals surface area contributed by atoms with Crippen LogP contribution in [0.4, 0.5) is 0 Å². The van der Waals surface area contributed by atoms with Crippen LogP contribution in [-0.2, 0) is 4.74 Å². The summed E-state index contributed by atoms with van der Waals surface area (Å²) >= 11 is 3.59. The van der Waals surface area contributed by atoms with Gasteiger partial charge in [-0.05, 0) is 50.9 Å². The molecule has 88 valence electrons. The Labute approximate surface area is 102 Å². The van der Waals surface area contributed by atoms with E-state index in [-0.39, 0.29) is 11.2 Å². The fourth-order valence-electron chi connectivity index (χ4n) is 3.36. The summed E-state index contributed by atoms with van der Waals surface area (Å²) in [6.45, 7) is 7.01. The summed E-state index contributed by atoms with van der Waals surface area (Å²) in [5.41, 5.74) is 0.309. The van der Waals surface area contributed by atoms with E-state index in [1.807, 2.05) is 0 Å². The van der Waals surface area contributed by atoms with Gasteiger partial charge in [0, 0.05) is 5.33 Å². The second kappa shape index (κ2) is 4.03. The van der Waals surface area contributed by atoms with Crippen molar-refractivity contribution in [2.24, 2.45) is 11.8 Å². The second-order valence-electron chi connectivity index (χ2n) is 6.03. The van der Waals surface area contributed by atoms with Crippen LogP contribution in [-0.4, -0.2) is 16.5 Å². The molecule has 2 rings (SSSR count). The van der Waals surface area contributed by atoms with Crippen molar-refractivity contribution in [3.8, 4) is 0 Å². The zero-order valence-corrected chi connectivity index (χ0v) is 11.8. The van der Waals surface area contributed by atoms with E-state index < -0.39 is 0 Å². The van der Waals surface area contributed by atoms with Crippen molar-refractivity contribution in [1.82, 2.24) is 0 Å². The van der Waals surface area contributed by atoms with Gasteiger partial charge in [0.15, 0.2) is 0 Å². The first-order chi connectivity index (χ1) is 7.00. The molecular weight excluding hydrogens is 252 g/mol. The van der Waals surface area contributed by atoms with Gasteiger partial charge >= 0.3 is 0 Å². The van der Waals surface area contributed by atoms with Crippen molar-refractivity contribution in [3.05, 3.63) is 0 Å². The molecule has 0 aromatic rings. The van der Waals surface area contributed by atoms with Crippen LogP contribution in [0.5, 0.6) is 0 Å². The van der Waals surface area contributed by atoms with Gasteiger partial charge in [-0.2, -0.15) is 0 Å². The van der Waals surface area contributed by atoms with Crippen LogP contribution in [0.15, 0.2) is 0 Å². The molecule has 1 heterocycles. The Bertz CT molecular complexity index is 239. The molecule has 1 saturated carbocycles. The topological polar surface area (TPSA) is 9.23 Å². The fraction of sp³-hybridized carbons (Fsp3) is 1.00. The lowest BCUT2D eigenvalue weighted by molar-refractivity contribution is -0.132.